The van der Waals surface area contributed by atoms with Gasteiger partial charge in [0.05, 0.1) is 49.3 Å². The van der Waals surface area contributed by atoms with E-state index in [1.54, 1.807) is 51.3 Å². The number of methoxy groups -OCH3 is 2. The highest BCUT2D eigenvalue weighted by molar-refractivity contribution is 9.10. The van der Waals surface area contributed by atoms with E-state index in [2.05, 4.69) is 27.5 Å². The molecule has 0 N–H and O–H groups in total. The summed E-state index contributed by atoms with van der Waals surface area (Å²) in [6, 6.07) is 15.8. The largest absolute Gasteiger partial charge is 0.493 e. The van der Waals surface area contributed by atoms with Crippen molar-refractivity contribution in [3.63, 3.8) is 0 Å². The number of aromatic nitrogens is 1. The van der Waals surface area contributed by atoms with Crippen LogP contribution in [-0.4, -0.2) is 50.5 Å². The fourth-order valence-electron chi connectivity index (χ4n) is 5.66. The van der Waals surface area contributed by atoms with Crippen molar-refractivity contribution in [2.24, 2.45) is 4.99 Å². The summed E-state index contributed by atoms with van der Waals surface area (Å²) in [4.78, 5) is 44.7. The van der Waals surface area contributed by atoms with Crippen LogP contribution < -0.4 is 33.8 Å². The number of benzene rings is 3. The van der Waals surface area contributed by atoms with E-state index in [1.807, 2.05) is 43.3 Å². The number of esters is 2. The average molecular weight is 792 g/mol. The first-order valence-corrected chi connectivity index (χ1v) is 18.1. The number of thiazole rings is 1. The molecule has 3 aromatic carbocycles. The minimum atomic E-state index is -0.897. The Bertz CT molecular complexity index is 2190. The minimum absolute atomic E-state index is 0.134. The van der Waals surface area contributed by atoms with Crippen molar-refractivity contribution in [3.8, 4) is 23.0 Å². The summed E-state index contributed by atoms with van der Waals surface area (Å²) in [7, 11) is 2.84. The number of allylic oxidation sites excluding steroid dienone is 2. The van der Waals surface area contributed by atoms with Gasteiger partial charge in [-0.1, -0.05) is 51.5 Å². The van der Waals surface area contributed by atoms with Crippen LogP contribution in [0, 0.1) is 0 Å². The third-order valence-electron chi connectivity index (χ3n) is 8.01. The van der Waals surface area contributed by atoms with Gasteiger partial charge in [0.2, 0.25) is 0 Å². The molecule has 272 valence electrons. The molecule has 2 heterocycles. The van der Waals surface area contributed by atoms with Gasteiger partial charge in [0.25, 0.3) is 5.56 Å². The first-order chi connectivity index (χ1) is 25.1. The monoisotopic (exact) mass is 790 g/mol. The molecule has 11 nitrogen and oxygen atoms in total. The number of carbonyl (C=O) groups excluding carboxylic acids is 2. The zero-order valence-electron chi connectivity index (χ0n) is 29.5. The molecule has 1 aromatic heterocycles. The zero-order chi connectivity index (χ0) is 37.4. The van der Waals surface area contributed by atoms with Crippen LogP contribution in [0.25, 0.3) is 6.08 Å². The van der Waals surface area contributed by atoms with Crippen molar-refractivity contribution in [1.29, 1.82) is 0 Å². The van der Waals surface area contributed by atoms with Crippen LogP contribution in [-0.2, 0) is 32.1 Å². The molecule has 0 bridgehead atoms. The van der Waals surface area contributed by atoms with Gasteiger partial charge in [0.15, 0.2) is 34.4 Å². The second-order valence-corrected chi connectivity index (χ2v) is 13.4. The van der Waals surface area contributed by atoms with Gasteiger partial charge in [-0.3, -0.25) is 9.36 Å². The summed E-state index contributed by atoms with van der Waals surface area (Å²) in [5.74, 6) is 0.571. The quantitative estimate of drug-likeness (QED) is 0.108. The van der Waals surface area contributed by atoms with E-state index in [0.717, 1.165) is 15.6 Å². The Balaban J connectivity index is 1.61. The fourth-order valence-corrected chi connectivity index (χ4v) is 6.97. The highest BCUT2D eigenvalue weighted by Gasteiger charge is 2.34. The molecule has 0 saturated carbocycles. The maximum absolute atomic E-state index is 14.4. The van der Waals surface area contributed by atoms with Gasteiger partial charge >= 0.3 is 11.9 Å². The Labute approximate surface area is 313 Å². The summed E-state index contributed by atoms with van der Waals surface area (Å²) < 4.78 is 36.6. The molecule has 1 atom stereocenters. The van der Waals surface area contributed by atoms with Crippen molar-refractivity contribution >= 4 is 45.3 Å². The van der Waals surface area contributed by atoms with E-state index in [9.17, 15) is 14.4 Å². The normalized spacial score (nSPS) is 13.9. The first kappa shape index (κ1) is 38.1. The summed E-state index contributed by atoms with van der Waals surface area (Å²) >= 11 is 4.66. The van der Waals surface area contributed by atoms with Crippen molar-refractivity contribution in [2.75, 3.05) is 34.0 Å². The van der Waals surface area contributed by atoms with Gasteiger partial charge in [0.1, 0.15) is 6.61 Å². The summed E-state index contributed by atoms with van der Waals surface area (Å²) in [5.41, 5.74) is 3.37. The molecule has 1 aliphatic rings. The van der Waals surface area contributed by atoms with E-state index in [0.29, 0.717) is 68.8 Å². The SMILES string of the molecule is C=CCc1cc(/C=c2\sc3n(c2=O)[C@H](c2ccc(OCC(=O)OC)c(OCC)c2)C(C(=O)OCC)=C(C)N=3)cc(OC)c1OCc1ccc(Br)cc1. The van der Waals surface area contributed by atoms with Crippen molar-refractivity contribution in [3.05, 3.63) is 125 Å². The number of fused-ring (bicyclic) bond motifs is 1. The molecule has 5 rings (SSSR count). The van der Waals surface area contributed by atoms with E-state index < -0.39 is 18.0 Å². The molecule has 0 saturated heterocycles. The molecule has 0 amide bonds. The van der Waals surface area contributed by atoms with Crippen LogP contribution in [0.3, 0.4) is 0 Å². The van der Waals surface area contributed by atoms with E-state index in [4.69, 9.17) is 28.4 Å². The second kappa shape index (κ2) is 17.4. The number of hydrogen-bond donors (Lipinski definition) is 0. The lowest BCUT2D eigenvalue weighted by Gasteiger charge is -2.25. The number of nitrogens with zero attached hydrogens (tertiary/aromatic N) is 2. The van der Waals surface area contributed by atoms with Crippen molar-refractivity contribution in [1.82, 2.24) is 4.57 Å². The molecule has 13 heteroatoms. The Hall–Kier alpha value is -5.14. The highest BCUT2D eigenvalue weighted by Crippen LogP contribution is 2.37. The zero-order valence-corrected chi connectivity index (χ0v) is 31.9. The lowest BCUT2D eigenvalue weighted by molar-refractivity contribution is -0.143. The van der Waals surface area contributed by atoms with Crippen molar-refractivity contribution in [2.45, 2.75) is 39.8 Å². The Morgan fingerprint density at radius 1 is 0.981 bits per heavy atom. The van der Waals surface area contributed by atoms with Crippen LogP contribution in [0.1, 0.15) is 49.1 Å². The summed E-state index contributed by atoms with van der Waals surface area (Å²) in [6.07, 6.45) is 4.05. The van der Waals surface area contributed by atoms with Gasteiger partial charge in [-0.15, -0.1) is 6.58 Å². The maximum Gasteiger partial charge on any atom is 0.343 e. The third-order valence-corrected chi connectivity index (χ3v) is 9.52. The van der Waals surface area contributed by atoms with Crippen LogP contribution >= 0.6 is 27.3 Å². The molecular weight excluding hydrogens is 752 g/mol. The topological polar surface area (TPSA) is 124 Å². The number of rotatable bonds is 15. The molecule has 0 fully saturated rings. The highest BCUT2D eigenvalue weighted by atomic mass is 79.9. The standard InChI is InChI=1S/C39H39BrN2O9S/c1-7-10-27-17-25(18-31(46-5)36(27)51-21-24-11-14-28(40)15-12-24)19-32-37(44)42-35(34(38(45)49-9-3)23(4)41-39(42)52-32)26-13-16-29(30(20-26)48-8-2)50-22-33(43)47-6/h7,11-20,35H,1,8-10,21-22H2,2-6H3/b32-19-/t35-/m1/s1. The van der Waals surface area contributed by atoms with Gasteiger partial charge < -0.3 is 28.4 Å². The van der Waals surface area contributed by atoms with Gasteiger partial charge in [0, 0.05) is 10.0 Å². The molecular formula is C39H39BrN2O9S. The van der Waals surface area contributed by atoms with E-state index in [-0.39, 0.29) is 24.3 Å². The number of carbonyl (C=O) groups is 2. The van der Waals surface area contributed by atoms with Gasteiger partial charge in [-0.25, -0.2) is 14.6 Å². The van der Waals surface area contributed by atoms with Crippen LogP contribution in [0.15, 0.2) is 92.8 Å². The molecule has 0 radical (unpaired) electrons. The lowest BCUT2D eigenvalue weighted by Crippen LogP contribution is -2.40. The van der Waals surface area contributed by atoms with Crippen LogP contribution in [0.5, 0.6) is 23.0 Å². The van der Waals surface area contributed by atoms with Gasteiger partial charge in [-0.2, -0.15) is 0 Å². The van der Waals surface area contributed by atoms with Crippen molar-refractivity contribution < 1.29 is 38.0 Å². The maximum atomic E-state index is 14.4. The Kier molecular flexibility index (Phi) is 12.7. The Morgan fingerprint density at radius 2 is 1.75 bits per heavy atom. The molecule has 4 aromatic rings. The minimum Gasteiger partial charge on any atom is -0.493 e. The second-order valence-electron chi connectivity index (χ2n) is 11.4. The van der Waals surface area contributed by atoms with E-state index >= 15 is 0 Å². The Morgan fingerprint density at radius 3 is 2.42 bits per heavy atom. The van der Waals surface area contributed by atoms with Crippen LogP contribution in [0.2, 0.25) is 0 Å². The number of hydrogen-bond acceptors (Lipinski definition) is 11. The van der Waals surface area contributed by atoms with Crippen LogP contribution in [0.4, 0.5) is 0 Å². The fraction of sp³-hybridized carbons (Fsp3) is 0.282. The molecule has 52 heavy (non-hydrogen) atoms. The predicted molar refractivity (Wildman–Crippen MR) is 201 cm³/mol. The smallest absolute Gasteiger partial charge is 0.343 e. The summed E-state index contributed by atoms with van der Waals surface area (Å²) in [6.45, 7) is 9.60. The third kappa shape index (κ3) is 8.48. The molecule has 0 unspecified atom stereocenters. The predicted octanol–water partition coefficient (Wildman–Crippen LogP) is 5.83. The van der Waals surface area contributed by atoms with E-state index in [1.165, 1.54) is 23.0 Å². The first-order valence-electron chi connectivity index (χ1n) is 16.5. The van der Waals surface area contributed by atoms with Gasteiger partial charge in [-0.05, 0) is 86.4 Å². The average Bonchev–Trinajstić information content (AvgIpc) is 3.43. The molecule has 0 aliphatic carbocycles. The number of ether oxygens (including phenoxy) is 6. The summed E-state index contributed by atoms with van der Waals surface area (Å²) in [5, 5.41) is 0. The number of halogens is 1. The molecule has 0 spiro atoms. The lowest BCUT2D eigenvalue weighted by atomic mass is 9.95. The molecule has 1 aliphatic heterocycles.